The van der Waals surface area contributed by atoms with Gasteiger partial charge in [0.2, 0.25) is 0 Å². The maximum atomic E-state index is 4.28. The summed E-state index contributed by atoms with van der Waals surface area (Å²) < 4.78 is 5.22. The first kappa shape index (κ1) is 31.0. The molecule has 10 aromatic rings. The molecule has 8 aromatic carbocycles. The lowest BCUT2D eigenvalue weighted by atomic mass is 9.82. The third kappa shape index (κ3) is 4.49. The maximum Gasteiger partial charge on any atom is 0.128 e. The third-order valence-corrected chi connectivity index (χ3v) is 13.6. The van der Waals surface area contributed by atoms with Crippen molar-refractivity contribution < 1.29 is 0 Å². The molecule has 3 nitrogen and oxygen atoms in total. The first-order valence-electron chi connectivity index (χ1n) is 19.2. The molecule has 0 amide bonds. The number of aromatic nitrogens is 1. The van der Waals surface area contributed by atoms with Gasteiger partial charge in [-0.15, -0.1) is 11.3 Å². The Hall–Kier alpha value is -6.36. The van der Waals surface area contributed by atoms with Crippen LogP contribution in [0.4, 0.5) is 0 Å². The Morgan fingerprint density at radius 2 is 1.18 bits per heavy atom. The van der Waals surface area contributed by atoms with E-state index in [9.17, 15) is 0 Å². The Bertz CT molecular complexity index is 3270. The fourth-order valence-corrected chi connectivity index (χ4v) is 10.8. The molecule has 12 rings (SSSR count). The van der Waals surface area contributed by atoms with Crippen LogP contribution in [0.5, 0.6) is 0 Å². The van der Waals surface area contributed by atoms with Crippen molar-refractivity contribution in [2.24, 2.45) is 0 Å². The van der Waals surface area contributed by atoms with Crippen molar-refractivity contribution in [1.82, 2.24) is 15.2 Å². The molecule has 2 aliphatic rings. The van der Waals surface area contributed by atoms with Crippen LogP contribution >= 0.6 is 11.3 Å². The number of para-hydroxylation sites is 1. The topological polar surface area (TPSA) is 29.0 Å². The van der Waals surface area contributed by atoms with Crippen LogP contribution in [-0.2, 0) is 5.41 Å². The summed E-state index contributed by atoms with van der Waals surface area (Å²) in [7, 11) is 0. The third-order valence-electron chi connectivity index (χ3n) is 12.4. The molecule has 1 aliphatic heterocycles. The number of benzene rings is 8. The minimum absolute atomic E-state index is 0.0549. The van der Waals surface area contributed by atoms with Gasteiger partial charge in [0, 0.05) is 47.6 Å². The van der Waals surface area contributed by atoms with Gasteiger partial charge in [0.05, 0.1) is 22.8 Å². The van der Waals surface area contributed by atoms with Crippen molar-refractivity contribution in [2.75, 3.05) is 0 Å². The van der Waals surface area contributed by atoms with E-state index in [1.807, 2.05) is 11.3 Å². The van der Waals surface area contributed by atoms with Crippen LogP contribution in [0, 0.1) is 0 Å². The summed E-state index contributed by atoms with van der Waals surface area (Å²) in [5, 5.41) is 18.8. The Morgan fingerprint density at radius 3 is 2.04 bits per heavy atom. The van der Waals surface area contributed by atoms with Crippen molar-refractivity contribution in [3.05, 3.63) is 186 Å². The van der Waals surface area contributed by atoms with Crippen LogP contribution in [0.2, 0.25) is 0 Å². The number of rotatable bonds is 3. The maximum absolute atomic E-state index is 4.28. The molecule has 2 N–H and O–H groups in total. The Kier molecular flexibility index (Phi) is 6.39. The van der Waals surface area contributed by atoms with Gasteiger partial charge in [-0.05, 0) is 86.3 Å². The number of allylic oxidation sites excluding steroid dienone is 1. The molecule has 2 unspecified atom stereocenters. The fourth-order valence-electron chi connectivity index (χ4n) is 9.68. The second kappa shape index (κ2) is 11.3. The Morgan fingerprint density at radius 1 is 0.509 bits per heavy atom. The molecule has 0 saturated heterocycles. The highest BCUT2D eigenvalue weighted by Crippen LogP contribution is 2.51. The van der Waals surface area contributed by atoms with E-state index in [2.05, 4.69) is 193 Å². The molecule has 2 atom stereocenters. The van der Waals surface area contributed by atoms with Gasteiger partial charge in [-0.2, -0.15) is 0 Å². The van der Waals surface area contributed by atoms with E-state index >= 15 is 0 Å². The van der Waals surface area contributed by atoms with Crippen molar-refractivity contribution in [2.45, 2.75) is 31.5 Å². The molecular formula is C51H37N3S. The van der Waals surface area contributed by atoms with Crippen molar-refractivity contribution in [3.8, 4) is 11.1 Å². The minimum Gasteiger partial charge on any atom is -0.373 e. The molecule has 4 heteroatoms. The van der Waals surface area contributed by atoms with Crippen molar-refractivity contribution in [3.63, 3.8) is 0 Å². The van der Waals surface area contributed by atoms with E-state index in [1.165, 1.54) is 103 Å². The lowest BCUT2D eigenvalue weighted by molar-refractivity contribution is 0.324. The SMILES string of the molecule is CC1(C)C2=C(NC(c3ccc4c(c3)sc3ccccc34)C(n3c4ccccc4c4cc5ccccc5cc43)N2)c2ccc(-c3ccc4ccccc4c3)cc21. The van der Waals surface area contributed by atoms with E-state index in [0.717, 1.165) is 0 Å². The Balaban J connectivity index is 1.06. The lowest BCUT2D eigenvalue weighted by Crippen LogP contribution is -2.45. The minimum atomic E-state index is -0.255. The second-order valence-electron chi connectivity index (χ2n) is 15.9. The smallest absolute Gasteiger partial charge is 0.128 e. The van der Waals surface area contributed by atoms with E-state index in [0.29, 0.717) is 0 Å². The van der Waals surface area contributed by atoms with E-state index in [4.69, 9.17) is 0 Å². The van der Waals surface area contributed by atoms with Crippen molar-refractivity contribution in [1.29, 1.82) is 0 Å². The van der Waals surface area contributed by atoms with Crippen LogP contribution in [0.15, 0.2) is 169 Å². The van der Waals surface area contributed by atoms with Crippen LogP contribution in [0.3, 0.4) is 0 Å². The van der Waals surface area contributed by atoms with E-state index in [-0.39, 0.29) is 17.6 Å². The first-order chi connectivity index (χ1) is 27.0. The number of hydrogen-bond acceptors (Lipinski definition) is 3. The number of hydrogen-bond donors (Lipinski definition) is 2. The van der Waals surface area contributed by atoms with Crippen molar-refractivity contribution >= 4 is 80.6 Å². The molecule has 0 radical (unpaired) electrons. The average Bonchev–Trinajstić information content (AvgIpc) is 3.83. The Labute approximate surface area is 323 Å². The summed E-state index contributed by atoms with van der Waals surface area (Å²) >= 11 is 1.89. The molecular weight excluding hydrogens is 687 g/mol. The number of thiophene rings is 1. The van der Waals surface area contributed by atoms with Gasteiger partial charge in [0.25, 0.3) is 0 Å². The molecule has 0 spiro atoms. The standard InChI is InChI=1S/C51H37N3S/c1-51(2)42-27-35(34-20-19-30-11-3-4-12-31(30)25-34)21-24-40(42)48-49(51)53-50(47(52-48)36-22-23-39-38-16-8-10-18-45(38)55-46(39)29-36)54-43-17-9-7-15-37(43)41-26-32-13-5-6-14-33(32)28-44(41)54/h3-29,47,50,52-53H,1-2H3. The van der Waals surface area contributed by atoms with Crippen LogP contribution in [-0.4, -0.2) is 4.57 Å². The molecule has 55 heavy (non-hydrogen) atoms. The molecule has 0 fully saturated rings. The molecule has 2 aromatic heterocycles. The quantitative estimate of drug-likeness (QED) is 0.190. The zero-order valence-electron chi connectivity index (χ0n) is 30.6. The van der Waals surface area contributed by atoms with Gasteiger partial charge in [-0.25, -0.2) is 0 Å². The highest BCUT2D eigenvalue weighted by molar-refractivity contribution is 7.25. The summed E-state index contributed by atoms with van der Waals surface area (Å²) in [5.41, 5.74) is 11.0. The van der Waals surface area contributed by atoms with Gasteiger partial charge in [0.15, 0.2) is 0 Å². The monoisotopic (exact) mass is 723 g/mol. The first-order valence-corrected chi connectivity index (χ1v) is 20.1. The molecule has 0 saturated carbocycles. The molecule has 3 heterocycles. The molecule has 262 valence electrons. The van der Waals surface area contributed by atoms with Gasteiger partial charge in [-0.1, -0.05) is 135 Å². The van der Waals surface area contributed by atoms with E-state index in [1.54, 1.807) is 0 Å². The number of nitrogens with zero attached hydrogens (tertiary/aromatic N) is 1. The number of fused-ring (bicyclic) bond motifs is 10. The van der Waals surface area contributed by atoms with Gasteiger partial charge in [0.1, 0.15) is 6.17 Å². The van der Waals surface area contributed by atoms with Crippen LogP contribution in [0.1, 0.15) is 42.7 Å². The van der Waals surface area contributed by atoms with Crippen LogP contribution in [0.25, 0.3) is 80.3 Å². The summed E-state index contributed by atoms with van der Waals surface area (Å²) in [6.07, 6.45) is -0.109. The van der Waals surface area contributed by atoms with Crippen LogP contribution < -0.4 is 10.6 Å². The highest BCUT2D eigenvalue weighted by Gasteiger charge is 2.45. The summed E-state index contributed by atoms with van der Waals surface area (Å²) in [4.78, 5) is 0. The summed E-state index contributed by atoms with van der Waals surface area (Å²) in [6.45, 7) is 4.76. The predicted octanol–water partition coefficient (Wildman–Crippen LogP) is 13.2. The zero-order chi connectivity index (χ0) is 36.4. The molecule has 1 aliphatic carbocycles. The zero-order valence-corrected chi connectivity index (χ0v) is 31.4. The summed E-state index contributed by atoms with van der Waals surface area (Å²) in [5.74, 6) is 0. The fraction of sp³-hybridized carbons (Fsp3) is 0.0980. The number of nitrogens with one attached hydrogen (secondary N) is 2. The van der Waals surface area contributed by atoms with Gasteiger partial charge >= 0.3 is 0 Å². The van der Waals surface area contributed by atoms with Gasteiger partial charge in [-0.3, -0.25) is 0 Å². The normalized spacial score (nSPS) is 17.6. The van der Waals surface area contributed by atoms with Gasteiger partial charge < -0.3 is 15.2 Å². The molecule has 0 bridgehead atoms. The average molecular weight is 724 g/mol. The van der Waals surface area contributed by atoms with E-state index < -0.39 is 0 Å². The second-order valence-corrected chi connectivity index (χ2v) is 16.9. The lowest BCUT2D eigenvalue weighted by Gasteiger charge is -2.40. The summed E-state index contributed by atoms with van der Waals surface area (Å²) in [6, 6.07) is 60.9. The predicted molar refractivity (Wildman–Crippen MR) is 234 cm³/mol. The highest BCUT2D eigenvalue weighted by atomic mass is 32.1. The largest absolute Gasteiger partial charge is 0.373 e.